The maximum Gasteiger partial charge on any atom is 0.135 e. The van der Waals surface area contributed by atoms with Gasteiger partial charge in [-0.2, -0.15) is 0 Å². The van der Waals surface area contributed by atoms with Crippen molar-refractivity contribution in [1.29, 1.82) is 0 Å². The number of fused-ring (bicyclic) bond motifs is 2. The van der Waals surface area contributed by atoms with Crippen molar-refractivity contribution in [3.63, 3.8) is 0 Å². The van der Waals surface area contributed by atoms with Crippen LogP contribution in [0.5, 0.6) is 34.5 Å². The number of phenolic OH excluding ortho intramolecular Hbond substituents is 4. The fourth-order valence-electron chi connectivity index (χ4n) is 5.84. The topological polar surface area (TPSA) is 99.4 Å². The maximum atomic E-state index is 10.6. The molecule has 168 valence electrons. The van der Waals surface area contributed by atoms with Crippen LogP contribution in [0, 0.1) is 0 Å². The van der Waals surface area contributed by atoms with Crippen molar-refractivity contribution in [2.24, 2.45) is 0 Å². The normalized spacial score (nSPS) is 23.1. The van der Waals surface area contributed by atoms with E-state index in [1.165, 1.54) is 0 Å². The minimum atomic E-state index is -0.393. The first-order valence-corrected chi connectivity index (χ1v) is 11.1. The van der Waals surface area contributed by atoms with Gasteiger partial charge in [-0.25, -0.2) is 0 Å². The van der Waals surface area contributed by atoms with Gasteiger partial charge in [0.05, 0.1) is 11.8 Å². The van der Waals surface area contributed by atoms with E-state index in [0.717, 1.165) is 33.4 Å². The van der Waals surface area contributed by atoms with Gasteiger partial charge in [-0.3, -0.25) is 0 Å². The van der Waals surface area contributed by atoms with Gasteiger partial charge in [-0.1, -0.05) is 24.3 Å². The summed E-state index contributed by atoms with van der Waals surface area (Å²) in [6.45, 7) is 0. The van der Waals surface area contributed by atoms with E-state index in [1.54, 1.807) is 48.5 Å². The Hall–Kier alpha value is -4.32. The summed E-state index contributed by atoms with van der Waals surface area (Å²) in [6.07, 6.45) is -0.786. The lowest BCUT2D eigenvalue weighted by Crippen LogP contribution is -2.21. The second kappa shape index (κ2) is 6.60. The second-order valence-electron chi connectivity index (χ2n) is 9.11. The van der Waals surface area contributed by atoms with Crippen LogP contribution in [-0.4, -0.2) is 20.4 Å². The molecule has 0 bridgehead atoms. The smallest absolute Gasteiger partial charge is 0.135 e. The molecule has 34 heavy (non-hydrogen) atoms. The average molecular weight is 452 g/mol. The van der Waals surface area contributed by atoms with Gasteiger partial charge in [-0.05, 0) is 58.7 Å². The molecule has 7 rings (SSSR count). The van der Waals surface area contributed by atoms with E-state index in [4.69, 9.17) is 9.47 Å². The van der Waals surface area contributed by atoms with Crippen LogP contribution >= 0.6 is 0 Å². The standard InChI is InChI=1S/C28H20O6/c29-15-5-1-13(2-6-15)27-25-19-9-17(31)12-22-24(19)26(20-10-18(32)11-21(33-27)23(20)25)28(34-22)14-3-7-16(30)8-4-14/h1-12,25-32H/t25-,26-,27+,28+/m0/s1. The molecule has 2 aliphatic heterocycles. The van der Waals surface area contributed by atoms with Gasteiger partial charge in [0.25, 0.3) is 0 Å². The molecular weight excluding hydrogens is 432 g/mol. The third kappa shape index (κ3) is 2.56. The van der Waals surface area contributed by atoms with E-state index in [-0.39, 0.29) is 34.8 Å². The van der Waals surface area contributed by atoms with Crippen LogP contribution in [0.3, 0.4) is 0 Å². The molecule has 4 aromatic carbocycles. The van der Waals surface area contributed by atoms with Gasteiger partial charge >= 0.3 is 0 Å². The van der Waals surface area contributed by atoms with Gasteiger partial charge in [0, 0.05) is 23.3 Å². The molecular formula is C28H20O6. The van der Waals surface area contributed by atoms with Crippen LogP contribution in [0.2, 0.25) is 0 Å². The SMILES string of the molecule is Oc1ccc([C@H]2Oc3cc(O)cc4c3[C@@H]2c2cc(O)cc3c2[C@H]4[C@@H](c2ccc(O)cc2)O3)cc1. The van der Waals surface area contributed by atoms with E-state index < -0.39 is 12.2 Å². The Bertz CT molecular complexity index is 1350. The average Bonchev–Trinajstić information content (AvgIpc) is 3.38. The summed E-state index contributed by atoms with van der Waals surface area (Å²) in [5.74, 6) is 1.34. The first-order valence-electron chi connectivity index (χ1n) is 11.1. The molecule has 3 aliphatic rings. The first-order chi connectivity index (χ1) is 16.5. The highest BCUT2D eigenvalue weighted by atomic mass is 16.5. The maximum absolute atomic E-state index is 10.6. The van der Waals surface area contributed by atoms with E-state index in [2.05, 4.69) is 0 Å². The minimum absolute atomic E-state index is 0.110. The molecule has 0 radical (unpaired) electrons. The highest BCUT2D eigenvalue weighted by Crippen LogP contribution is 2.64. The number of phenols is 4. The summed E-state index contributed by atoms with van der Waals surface area (Å²) < 4.78 is 12.8. The molecule has 0 aromatic heterocycles. The molecule has 0 spiro atoms. The quantitative estimate of drug-likeness (QED) is 0.327. The van der Waals surface area contributed by atoms with Gasteiger partial charge in [0.15, 0.2) is 0 Å². The molecule has 0 saturated carbocycles. The second-order valence-corrected chi connectivity index (χ2v) is 9.11. The van der Waals surface area contributed by atoms with Gasteiger partial charge in [-0.15, -0.1) is 0 Å². The van der Waals surface area contributed by atoms with E-state index >= 15 is 0 Å². The van der Waals surface area contributed by atoms with E-state index in [1.807, 2.05) is 24.3 Å². The monoisotopic (exact) mass is 452 g/mol. The molecule has 1 aliphatic carbocycles. The van der Waals surface area contributed by atoms with Crippen LogP contribution in [0.1, 0.15) is 57.4 Å². The van der Waals surface area contributed by atoms with Crippen LogP contribution in [0.4, 0.5) is 0 Å². The molecule has 4 aromatic rings. The first kappa shape index (κ1) is 19.2. The molecule has 6 heteroatoms. The Kier molecular flexibility index (Phi) is 3.73. The Balaban J connectivity index is 1.47. The van der Waals surface area contributed by atoms with Crippen molar-refractivity contribution in [2.75, 3.05) is 0 Å². The van der Waals surface area contributed by atoms with Crippen LogP contribution in [-0.2, 0) is 0 Å². The number of aromatic hydroxyl groups is 4. The molecule has 0 fully saturated rings. The Labute approximate surface area is 194 Å². The lowest BCUT2D eigenvalue weighted by atomic mass is 9.69. The number of rotatable bonds is 2. The zero-order valence-corrected chi connectivity index (χ0v) is 17.8. The predicted octanol–water partition coefficient (Wildman–Crippen LogP) is 5.35. The summed E-state index contributed by atoms with van der Waals surface area (Å²) in [5.41, 5.74) is 5.56. The highest BCUT2D eigenvalue weighted by Gasteiger charge is 2.51. The molecule has 2 heterocycles. The highest BCUT2D eigenvalue weighted by molar-refractivity contribution is 5.69. The van der Waals surface area contributed by atoms with Crippen molar-refractivity contribution >= 4 is 0 Å². The summed E-state index contributed by atoms with van der Waals surface area (Å²) in [7, 11) is 0. The van der Waals surface area contributed by atoms with Crippen LogP contribution in [0.25, 0.3) is 0 Å². The summed E-state index contributed by atoms with van der Waals surface area (Å²) >= 11 is 0. The Morgan fingerprint density at radius 1 is 0.471 bits per heavy atom. The third-order valence-electron chi connectivity index (χ3n) is 7.17. The number of benzene rings is 4. The zero-order valence-electron chi connectivity index (χ0n) is 17.8. The van der Waals surface area contributed by atoms with Crippen molar-refractivity contribution in [1.82, 2.24) is 0 Å². The summed E-state index contributed by atoms with van der Waals surface area (Å²) in [5, 5.41) is 40.8. The molecule has 4 N–H and O–H groups in total. The van der Waals surface area contributed by atoms with Crippen LogP contribution < -0.4 is 9.47 Å². The predicted molar refractivity (Wildman–Crippen MR) is 123 cm³/mol. The zero-order chi connectivity index (χ0) is 23.1. The molecule has 0 saturated heterocycles. The van der Waals surface area contributed by atoms with Crippen molar-refractivity contribution in [3.8, 4) is 34.5 Å². The lowest BCUT2D eigenvalue weighted by molar-refractivity contribution is 0.217. The van der Waals surface area contributed by atoms with E-state index in [0.29, 0.717) is 11.5 Å². The summed E-state index contributed by atoms with van der Waals surface area (Å²) in [4.78, 5) is 0. The third-order valence-corrected chi connectivity index (χ3v) is 7.17. The number of hydrogen-bond acceptors (Lipinski definition) is 6. The molecule has 4 atom stereocenters. The Morgan fingerprint density at radius 3 is 1.24 bits per heavy atom. The van der Waals surface area contributed by atoms with Gasteiger partial charge in [0.2, 0.25) is 0 Å². The van der Waals surface area contributed by atoms with Gasteiger partial charge in [0.1, 0.15) is 46.7 Å². The fraction of sp³-hybridized carbons (Fsp3) is 0.143. The number of ether oxygens (including phenoxy) is 2. The number of hydrogen-bond donors (Lipinski definition) is 4. The molecule has 6 nitrogen and oxygen atoms in total. The largest absolute Gasteiger partial charge is 0.508 e. The fourth-order valence-corrected chi connectivity index (χ4v) is 5.84. The van der Waals surface area contributed by atoms with Gasteiger partial charge < -0.3 is 29.9 Å². The molecule has 0 amide bonds. The van der Waals surface area contributed by atoms with Crippen molar-refractivity contribution in [2.45, 2.75) is 24.0 Å². The molecule has 0 unspecified atom stereocenters. The van der Waals surface area contributed by atoms with Crippen LogP contribution in [0.15, 0.2) is 72.8 Å². The Morgan fingerprint density at radius 2 is 0.853 bits per heavy atom. The minimum Gasteiger partial charge on any atom is -0.508 e. The lowest BCUT2D eigenvalue weighted by Gasteiger charge is -2.31. The van der Waals surface area contributed by atoms with E-state index in [9.17, 15) is 20.4 Å². The van der Waals surface area contributed by atoms with Crippen molar-refractivity contribution in [3.05, 3.63) is 106 Å². The summed E-state index contributed by atoms with van der Waals surface area (Å²) in [6, 6.07) is 20.6. The van der Waals surface area contributed by atoms with Crippen molar-refractivity contribution < 1.29 is 29.9 Å².